The van der Waals surface area contributed by atoms with Gasteiger partial charge in [0.1, 0.15) is 6.54 Å². The molecule has 6 nitrogen and oxygen atoms in total. The van der Waals surface area contributed by atoms with E-state index >= 15 is 0 Å². The van der Waals surface area contributed by atoms with Crippen LogP contribution in [0, 0.1) is 0 Å². The number of imide groups is 1. The minimum absolute atomic E-state index is 0.204. The summed E-state index contributed by atoms with van der Waals surface area (Å²) < 4.78 is 0. The van der Waals surface area contributed by atoms with Crippen LogP contribution < -0.4 is 5.32 Å². The van der Waals surface area contributed by atoms with Gasteiger partial charge in [-0.1, -0.05) is 0 Å². The fraction of sp³-hybridized carbons (Fsp3) is 0.286. The van der Waals surface area contributed by atoms with Crippen LogP contribution in [-0.4, -0.2) is 41.9 Å². The molecule has 0 aromatic heterocycles. The summed E-state index contributed by atoms with van der Waals surface area (Å²) in [6.07, 6.45) is 2.59. The molecule has 0 aliphatic rings. The molecular formula is C7H10N2O4. The van der Waals surface area contributed by atoms with E-state index in [1.54, 1.807) is 0 Å². The van der Waals surface area contributed by atoms with Gasteiger partial charge in [0.25, 0.3) is 5.91 Å². The fourth-order valence-corrected chi connectivity index (χ4v) is 0.567. The van der Waals surface area contributed by atoms with Crippen molar-refractivity contribution < 1.29 is 19.5 Å². The van der Waals surface area contributed by atoms with Crippen LogP contribution in [0.5, 0.6) is 0 Å². The molecule has 2 amide bonds. The van der Waals surface area contributed by atoms with Gasteiger partial charge in [-0.05, 0) is 0 Å². The second-order valence-corrected chi connectivity index (χ2v) is 2.25. The predicted octanol–water partition coefficient (Wildman–Crippen LogP) is -1.21. The average Bonchev–Trinajstić information content (AvgIpc) is 2.00. The van der Waals surface area contributed by atoms with Crippen molar-refractivity contribution in [1.82, 2.24) is 10.2 Å². The number of amides is 2. The summed E-state index contributed by atoms with van der Waals surface area (Å²) >= 11 is 0. The summed E-state index contributed by atoms with van der Waals surface area (Å²) in [5, 5.41) is 10.2. The van der Waals surface area contributed by atoms with Crippen LogP contribution in [0.4, 0.5) is 0 Å². The SMILES string of the molecule is CN(/C=C\C(=O)NC=O)CC(=O)O. The maximum absolute atomic E-state index is 10.6. The van der Waals surface area contributed by atoms with Crippen LogP contribution in [0.25, 0.3) is 0 Å². The van der Waals surface area contributed by atoms with Crippen molar-refractivity contribution in [1.29, 1.82) is 0 Å². The summed E-state index contributed by atoms with van der Waals surface area (Å²) in [7, 11) is 1.50. The zero-order valence-electron chi connectivity index (χ0n) is 7.06. The highest BCUT2D eigenvalue weighted by atomic mass is 16.4. The number of hydrogen-bond donors (Lipinski definition) is 2. The van der Waals surface area contributed by atoms with Gasteiger partial charge in [0.15, 0.2) is 0 Å². The van der Waals surface area contributed by atoms with E-state index in [-0.39, 0.29) is 13.0 Å². The van der Waals surface area contributed by atoms with Crippen molar-refractivity contribution in [3.63, 3.8) is 0 Å². The monoisotopic (exact) mass is 186 g/mol. The summed E-state index contributed by atoms with van der Waals surface area (Å²) in [5.41, 5.74) is 0. The van der Waals surface area contributed by atoms with E-state index in [2.05, 4.69) is 0 Å². The molecule has 2 N–H and O–H groups in total. The number of hydrogen-bond acceptors (Lipinski definition) is 4. The fourth-order valence-electron chi connectivity index (χ4n) is 0.567. The van der Waals surface area contributed by atoms with E-state index in [9.17, 15) is 14.4 Å². The molecule has 0 fully saturated rings. The number of carboxylic acid groups (broad SMARTS) is 1. The Kier molecular flexibility index (Phi) is 4.94. The van der Waals surface area contributed by atoms with Crippen molar-refractivity contribution in [2.24, 2.45) is 0 Å². The molecule has 0 atom stereocenters. The molecule has 6 heteroatoms. The number of likely N-dealkylation sites (N-methyl/N-ethyl adjacent to an activating group) is 1. The van der Waals surface area contributed by atoms with E-state index in [0.29, 0.717) is 0 Å². The molecule has 0 spiro atoms. The van der Waals surface area contributed by atoms with Crippen molar-refractivity contribution >= 4 is 18.3 Å². The molecule has 0 rings (SSSR count). The lowest BCUT2D eigenvalue weighted by molar-refractivity contribution is -0.137. The molecule has 0 saturated heterocycles. The smallest absolute Gasteiger partial charge is 0.323 e. The number of carboxylic acids is 1. The maximum Gasteiger partial charge on any atom is 0.323 e. The van der Waals surface area contributed by atoms with Crippen LogP contribution in [0.15, 0.2) is 12.3 Å². The van der Waals surface area contributed by atoms with Gasteiger partial charge >= 0.3 is 5.97 Å². The quantitative estimate of drug-likeness (QED) is 0.415. The third-order valence-electron chi connectivity index (χ3n) is 1.07. The van der Waals surface area contributed by atoms with E-state index in [1.165, 1.54) is 18.1 Å². The molecule has 0 unspecified atom stereocenters. The zero-order chi connectivity index (χ0) is 10.3. The first-order chi connectivity index (χ1) is 6.06. The van der Waals surface area contributed by atoms with Crippen molar-refractivity contribution in [3.8, 4) is 0 Å². The van der Waals surface area contributed by atoms with Gasteiger partial charge in [0.05, 0.1) is 0 Å². The molecule has 0 aliphatic carbocycles. The predicted molar refractivity (Wildman–Crippen MR) is 43.6 cm³/mol. The molecule has 0 bridgehead atoms. The number of nitrogens with zero attached hydrogens (tertiary/aromatic N) is 1. The molecule has 72 valence electrons. The van der Waals surface area contributed by atoms with Crippen molar-refractivity contribution in [2.75, 3.05) is 13.6 Å². The van der Waals surface area contributed by atoms with E-state index < -0.39 is 11.9 Å². The van der Waals surface area contributed by atoms with Gasteiger partial charge in [-0.2, -0.15) is 0 Å². The van der Waals surface area contributed by atoms with Gasteiger partial charge in [-0.3, -0.25) is 19.7 Å². The largest absolute Gasteiger partial charge is 0.480 e. The van der Waals surface area contributed by atoms with E-state index in [1.807, 2.05) is 5.32 Å². The Bertz CT molecular complexity index is 237. The lowest BCUT2D eigenvalue weighted by atomic mass is 10.5. The minimum atomic E-state index is -0.997. The lowest BCUT2D eigenvalue weighted by Gasteiger charge is -2.08. The first-order valence-corrected chi connectivity index (χ1v) is 3.40. The number of aliphatic carboxylic acids is 1. The van der Waals surface area contributed by atoms with Crippen LogP contribution in [0.1, 0.15) is 0 Å². The van der Waals surface area contributed by atoms with Gasteiger partial charge in [-0.25, -0.2) is 0 Å². The van der Waals surface area contributed by atoms with E-state index in [4.69, 9.17) is 5.11 Å². The third kappa shape index (κ3) is 6.54. The number of nitrogens with one attached hydrogen (secondary N) is 1. The lowest BCUT2D eigenvalue weighted by Crippen LogP contribution is -2.23. The standard InChI is InChI=1S/C7H10N2O4/c1-9(4-7(12)13)3-2-6(11)8-5-10/h2-3,5H,4H2,1H3,(H,12,13)(H,8,10,11)/b3-2-. The molecule has 0 saturated carbocycles. The molecule has 0 aromatic rings. The third-order valence-corrected chi connectivity index (χ3v) is 1.07. The highest BCUT2D eigenvalue weighted by molar-refractivity contribution is 5.94. The molecule has 0 radical (unpaired) electrons. The van der Waals surface area contributed by atoms with Gasteiger partial charge in [0.2, 0.25) is 6.41 Å². The number of carbonyl (C=O) groups is 3. The zero-order valence-corrected chi connectivity index (χ0v) is 7.06. The summed E-state index contributed by atoms with van der Waals surface area (Å²) in [4.78, 5) is 31.8. The summed E-state index contributed by atoms with van der Waals surface area (Å²) in [6.45, 7) is -0.204. The van der Waals surface area contributed by atoms with E-state index in [0.717, 1.165) is 6.08 Å². The van der Waals surface area contributed by atoms with Gasteiger partial charge in [-0.15, -0.1) is 0 Å². The topological polar surface area (TPSA) is 86.7 Å². The molecule has 0 aliphatic heterocycles. The Labute approximate surface area is 74.8 Å². The van der Waals surface area contributed by atoms with Crippen molar-refractivity contribution in [3.05, 3.63) is 12.3 Å². The highest BCUT2D eigenvalue weighted by Crippen LogP contribution is 1.83. The minimum Gasteiger partial charge on any atom is -0.480 e. The Hall–Kier alpha value is -1.85. The Balaban J connectivity index is 3.88. The van der Waals surface area contributed by atoms with Crippen LogP contribution >= 0.6 is 0 Å². The van der Waals surface area contributed by atoms with Crippen LogP contribution in [0.3, 0.4) is 0 Å². The van der Waals surface area contributed by atoms with Gasteiger partial charge < -0.3 is 10.0 Å². The first-order valence-electron chi connectivity index (χ1n) is 3.40. The van der Waals surface area contributed by atoms with Crippen LogP contribution in [0.2, 0.25) is 0 Å². The number of carbonyl (C=O) groups excluding carboxylic acids is 2. The summed E-state index contributed by atoms with van der Waals surface area (Å²) in [5.74, 6) is -1.59. The molecule has 0 aromatic carbocycles. The van der Waals surface area contributed by atoms with Crippen molar-refractivity contribution in [2.45, 2.75) is 0 Å². The number of rotatable bonds is 5. The Morgan fingerprint density at radius 1 is 1.54 bits per heavy atom. The maximum atomic E-state index is 10.6. The summed E-state index contributed by atoms with van der Waals surface area (Å²) in [6, 6.07) is 0. The molecule has 13 heavy (non-hydrogen) atoms. The second-order valence-electron chi connectivity index (χ2n) is 2.25. The van der Waals surface area contributed by atoms with Gasteiger partial charge in [0, 0.05) is 19.3 Å². The van der Waals surface area contributed by atoms with Crippen LogP contribution in [-0.2, 0) is 14.4 Å². The normalized spacial score (nSPS) is 9.62. The second kappa shape index (κ2) is 5.76. The molecule has 0 heterocycles. The highest BCUT2D eigenvalue weighted by Gasteiger charge is 1.99. The Morgan fingerprint density at radius 2 is 2.15 bits per heavy atom. The Morgan fingerprint density at radius 3 is 2.62 bits per heavy atom. The molecular weight excluding hydrogens is 176 g/mol. The first kappa shape index (κ1) is 11.2. The average molecular weight is 186 g/mol.